The van der Waals surface area contributed by atoms with Gasteiger partial charge in [-0.2, -0.15) is 0 Å². The van der Waals surface area contributed by atoms with E-state index in [1.54, 1.807) is 0 Å². The molecule has 0 amide bonds. The van der Waals surface area contributed by atoms with Gasteiger partial charge in [0, 0.05) is 6.04 Å². The van der Waals surface area contributed by atoms with Crippen LogP contribution in [0.25, 0.3) is 0 Å². The smallest absolute Gasteiger partial charge is 0.0103 e. The minimum absolute atomic E-state index is 0.510. The van der Waals surface area contributed by atoms with Crippen LogP contribution in [0.4, 0.5) is 0 Å². The third-order valence-electron chi connectivity index (χ3n) is 4.06. The molecule has 3 unspecified atom stereocenters. The van der Waals surface area contributed by atoms with E-state index in [4.69, 9.17) is 5.73 Å². The van der Waals surface area contributed by atoms with Crippen LogP contribution in [0.3, 0.4) is 0 Å². The van der Waals surface area contributed by atoms with Gasteiger partial charge in [0.25, 0.3) is 0 Å². The lowest BCUT2D eigenvalue weighted by Gasteiger charge is -2.69. The van der Waals surface area contributed by atoms with E-state index in [0.717, 1.165) is 0 Å². The quantitative estimate of drug-likeness (QED) is 0.522. The fraction of sp³-hybridized carbons (Fsp3) is 1.00. The zero-order valence-electron chi connectivity index (χ0n) is 6.28. The molecule has 0 radical (unpaired) electrons. The zero-order chi connectivity index (χ0) is 6.70. The molecule has 1 nitrogen and oxygen atoms in total. The van der Waals surface area contributed by atoms with Gasteiger partial charge in [-0.25, -0.2) is 0 Å². The molecule has 2 fully saturated rings. The maximum Gasteiger partial charge on any atom is 0.0103 e. The zero-order valence-corrected chi connectivity index (χ0v) is 6.28. The van der Waals surface area contributed by atoms with Crippen molar-refractivity contribution in [2.75, 3.05) is 0 Å². The highest BCUT2D eigenvalue weighted by molar-refractivity contribution is 5.16. The van der Waals surface area contributed by atoms with Crippen molar-refractivity contribution in [3.05, 3.63) is 0 Å². The van der Waals surface area contributed by atoms with E-state index in [1.807, 2.05) is 0 Å². The van der Waals surface area contributed by atoms with Crippen molar-refractivity contribution in [3.63, 3.8) is 0 Å². The minimum atomic E-state index is 0.510. The van der Waals surface area contributed by atoms with Crippen molar-refractivity contribution in [1.82, 2.24) is 0 Å². The average Bonchev–Trinajstić information content (AvgIpc) is 1.84. The van der Waals surface area contributed by atoms with Crippen molar-refractivity contribution >= 4 is 0 Å². The van der Waals surface area contributed by atoms with Crippen LogP contribution in [0.2, 0.25) is 0 Å². The van der Waals surface area contributed by atoms with Gasteiger partial charge in [-0.3, -0.25) is 0 Å². The summed E-state index contributed by atoms with van der Waals surface area (Å²) in [6.45, 7) is 4.71. The second-order valence-electron chi connectivity index (χ2n) is 4.29. The Hall–Kier alpha value is -0.0400. The van der Waals surface area contributed by atoms with Gasteiger partial charge in [-0.15, -0.1) is 0 Å². The fourth-order valence-electron chi connectivity index (χ4n) is 2.49. The molecule has 52 valence electrons. The molecule has 2 saturated carbocycles. The molecule has 0 spiro atoms. The fourth-order valence-corrected chi connectivity index (χ4v) is 2.49. The first-order valence-electron chi connectivity index (χ1n) is 3.84. The Morgan fingerprint density at radius 1 is 1.33 bits per heavy atom. The molecular weight excluding hydrogens is 110 g/mol. The van der Waals surface area contributed by atoms with Gasteiger partial charge in [-0.1, -0.05) is 13.8 Å². The van der Waals surface area contributed by atoms with E-state index < -0.39 is 0 Å². The predicted molar refractivity (Wildman–Crippen MR) is 38.0 cm³/mol. The highest BCUT2D eigenvalue weighted by Crippen LogP contribution is 2.68. The van der Waals surface area contributed by atoms with Crippen LogP contribution >= 0.6 is 0 Å². The molecule has 0 aliphatic heterocycles. The third-order valence-corrected chi connectivity index (χ3v) is 4.06. The summed E-state index contributed by atoms with van der Waals surface area (Å²) in [6.07, 6.45) is 4.05. The van der Waals surface area contributed by atoms with Crippen LogP contribution in [0, 0.1) is 10.8 Å². The molecule has 0 aromatic carbocycles. The minimum Gasteiger partial charge on any atom is -0.327 e. The predicted octanol–water partition coefficient (Wildman–Crippen LogP) is 1.52. The Morgan fingerprint density at radius 3 is 2.00 bits per heavy atom. The van der Waals surface area contributed by atoms with Crippen molar-refractivity contribution in [3.8, 4) is 0 Å². The van der Waals surface area contributed by atoms with Gasteiger partial charge in [0.2, 0.25) is 0 Å². The number of fused-ring (bicyclic) bond motifs is 1. The summed E-state index contributed by atoms with van der Waals surface area (Å²) in [4.78, 5) is 0. The molecule has 2 rings (SSSR count). The standard InChI is InChI=1S/C8H15N/c1-7-3-4-8(7,2)6(9)5-7/h6H,3-5,9H2,1-2H3. The lowest BCUT2D eigenvalue weighted by atomic mass is 9.37. The second kappa shape index (κ2) is 1.20. The van der Waals surface area contributed by atoms with Gasteiger partial charge >= 0.3 is 0 Å². The molecule has 2 aliphatic carbocycles. The molecule has 9 heavy (non-hydrogen) atoms. The van der Waals surface area contributed by atoms with E-state index in [9.17, 15) is 0 Å². The summed E-state index contributed by atoms with van der Waals surface area (Å²) in [5.74, 6) is 0. The van der Waals surface area contributed by atoms with Gasteiger partial charge in [0.15, 0.2) is 0 Å². The molecule has 1 heteroatoms. The first-order chi connectivity index (χ1) is 4.08. The average molecular weight is 125 g/mol. The Bertz CT molecular complexity index is 155. The maximum absolute atomic E-state index is 5.88. The van der Waals surface area contributed by atoms with E-state index in [-0.39, 0.29) is 0 Å². The van der Waals surface area contributed by atoms with Gasteiger partial charge in [-0.05, 0) is 30.1 Å². The van der Waals surface area contributed by atoms with E-state index in [2.05, 4.69) is 13.8 Å². The summed E-state index contributed by atoms with van der Waals surface area (Å²) in [6, 6.07) is 0.510. The highest BCUT2D eigenvalue weighted by atomic mass is 14.8. The Balaban J connectivity index is 2.21. The second-order valence-corrected chi connectivity index (χ2v) is 4.29. The molecule has 0 saturated heterocycles. The van der Waals surface area contributed by atoms with Gasteiger partial charge in [0.1, 0.15) is 0 Å². The van der Waals surface area contributed by atoms with Crippen molar-refractivity contribution in [1.29, 1.82) is 0 Å². The Labute approximate surface area is 56.6 Å². The largest absolute Gasteiger partial charge is 0.327 e. The SMILES string of the molecule is CC12CCC1(C)C(N)C2. The van der Waals surface area contributed by atoms with E-state index in [1.165, 1.54) is 19.3 Å². The lowest BCUT2D eigenvalue weighted by Crippen LogP contribution is -2.68. The summed E-state index contributed by atoms with van der Waals surface area (Å²) < 4.78 is 0. The molecule has 2 aliphatic rings. The van der Waals surface area contributed by atoms with E-state index in [0.29, 0.717) is 16.9 Å². The summed E-state index contributed by atoms with van der Waals surface area (Å²) in [7, 11) is 0. The molecule has 0 aromatic heterocycles. The molecule has 3 atom stereocenters. The van der Waals surface area contributed by atoms with Crippen molar-refractivity contribution in [2.24, 2.45) is 16.6 Å². The number of nitrogens with two attached hydrogens (primary N) is 1. The highest BCUT2D eigenvalue weighted by Gasteiger charge is 2.64. The topological polar surface area (TPSA) is 26.0 Å². The molecule has 0 bridgehead atoms. The number of hydrogen-bond acceptors (Lipinski definition) is 1. The van der Waals surface area contributed by atoms with Crippen LogP contribution in [-0.2, 0) is 0 Å². The number of hydrogen-bond donors (Lipinski definition) is 1. The molecule has 0 heterocycles. The number of rotatable bonds is 0. The van der Waals surface area contributed by atoms with Crippen LogP contribution in [0.15, 0.2) is 0 Å². The lowest BCUT2D eigenvalue weighted by molar-refractivity contribution is -0.169. The molecule has 0 aromatic rings. The van der Waals surface area contributed by atoms with Crippen molar-refractivity contribution < 1.29 is 0 Å². The van der Waals surface area contributed by atoms with Crippen LogP contribution in [0.1, 0.15) is 33.1 Å². The normalized spacial score (nSPS) is 63.7. The third kappa shape index (κ3) is 0.389. The van der Waals surface area contributed by atoms with Crippen LogP contribution in [-0.4, -0.2) is 6.04 Å². The molecule has 2 N–H and O–H groups in total. The Kier molecular flexibility index (Phi) is 0.760. The Morgan fingerprint density at radius 2 is 2.00 bits per heavy atom. The van der Waals surface area contributed by atoms with E-state index >= 15 is 0 Å². The summed E-state index contributed by atoms with van der Waals surface area (Å²) in [5.41, 5.74) is 7.06. The van der Waals surface area contributed by atoms with Gasteiger partial charge in [0.05, 0.1) is 0 Å². The van der Waals surface area contributed by atoms with Crippen molar-refractivity contribution in [2.45, 2.75) is 39.2 Å². The first kappa shape index (κ1) is 5.72. The maximum atomic E-state index is 5.88. The summed E-state index contributed by atoms with van der Waals surface area (Å²) in [5, 5.41) is 0. The van der Waals surface area contributed by atoms with Crippen LogP contribution in [0.5, 0.6) is 0 Å². The van der Waals surface area contributed by atoms with Crippen LogP contribution < -0.4 is 5.73 Å². The molecular formula is C8H15N. The first-order valence-corrected chi connectivity index (χ1v) is 3.84. The monoisotopic (exact) mass is 125 g/mol. The van der Waals surface area contributed by atoms with Gasteiger partial charge < -0.3 is 5.73 Å². The summed E-state index contributed by atoms with van der Waals surface area (Å²) >= 11 is 0.